The molecule has 0 bridgehead atoms. The van der Waals surface area contributed by atoms with Crippen LogP contribution in [0.1, 0.15) is 35.4 Å². The number of rotatable bonds is 6. The molecule has 1 unspecified atom stereocenters. The molecule has 0 aliphatic heterocycles. The van der Waals surface area contributed by atoms with E-state index in [1.165, 1.54) is 16.7 Å². The lowest BCUT2D eigenvalue weighted by atomic mass is 9.87. The molecule has 0 spiro atoms. The zero-order valence-corrected chi connectivity index (χ0v) is 11.8. The minimum absolute atomic E-state index is 0.469. The third-order valence-corrected chi connectivity index (χ3v) is 3.52. The van der Waals surface area contributed by atoms with Gasteiger partial charge in [-0.1, -0.05) is 60.2 Å². The average molecular weight is 254 g/mol. The largest absolute Gasteiger partial charge is 0.385 e. The van der Waals surface area contributed by atoms with Gasteiger partial charge in [-0.3, -0.25) is 0 Å². The van der Waals surface area contributed by atoms with Crippen LogP contribution < -0.4 is 0 Å². The summed E-state index contributed by atoms with van der Waals surface area (Å²) in [5.74, 6) is 0.469. The lowest BCUT2D eigenvalue weighted by Gasteiger charge is -2.18. The second-order valence-corrected chi connectivity index (χ2v) is 5.01. The van der Waals surface area contributed by atoms with Crippen molar-refractivity contribution in [3.63, 3.8) is 0 Å². The van der Waals surface area contributed by atoms with Gasteiger partial charge in [-0.25, -0.2) is 0 Å². The van der Waals surface area contributed by atoms with E-state index < -0.39 is 0 Å². The summed E-state index contributed by atoms with van der Waals surface area (Å²) in [7, 11) is 1.77. The molecule has 0 fully saturated rings. The molecular formula is C18H22O. The van der Waals surface area contributed by atoms with Crippen LogP contribution in [0.25, 0.3) is 0 Å². The zero-order valence-electron chi connectivity index (χ0n) is 11.8. The van der Waals surface area contributed by atoms with Crippen LogP contribution in [0.15, 0.2) is 54.6 Å². The Hall–Kier alpha value is -1.60. The lowest BCUT2D eigenvalue weighted by molar-refractivity contribution is 0.191. The van der Waals surface area contributed by atoms with Crippen molar-refractivity contribution in [2.75, 3.05) is 13.7 Å². The van der Waals surface area contributed by atoms with Crippen LogP contribution in [-0.4, -0.2) is 13.7 Å². The summed E-state index contributed by atoms with van der Waals surface area (Å²) in [6.45, 7) is 2.96. The van der Waals surface area contributed by atoms with Gasteiger partial charge < -0.3 is 4.74 Å². The summed E-state index contributed by atoms with van der Waals surface area (Å²) < 4.78 is 5.18. The van der Waals surface area contributed by atoms with Crippen LogP contribution in [0.2, 0.25) is 0 Å². The molecule has 2 aromatic rings. The SMILES string of the molecule is COCCCC(c1ccccc1)c1ccc(C)cc1. The van der Waals surface area contributed by atoms with Crippen molar-refractivity contribution in [2.24, 2.45) is 0 Å². The van der Waals surface area contributed by atoms with Crippen molar-refractivity contribution in [1.82, 2.24) is 0 Å². The number of methoxy groups -OCH3 is 1. The van der Waals surface area contributed by atoms with E-state index in [1.54, 1.807) is 7.11 Å². The molecule has 0 saturated heterocycles. The van der Waals surface area contributed by atoms with Crippen molar-refractivity contribution in [3.05, 3.63) is 71.3 Å². The Morgan fingerprint density at radius 3 is 2.16 bits per heavy atom. The molecule has 0 aromatic heterocycles. The topological polar surface area (TPSA) is 9.23 Å². The van der Waals surface area contributed by atoms with E-state index in [0.29, 0.717) is 5.92 Å². The third kappa shape index (κ3) is 3.93. The molecular weight excluding hydrogens is 232 g/mol. The van der Waals surface area contributed by atoms with Crippen LogP contribution in [0.5, 0.6) is 0 Å². The highest BCUT2D eigenvalue weighted by Gasteiger charge is 2.13. The second-order valence-electron chi connectivity index (χ2n) is 5.01. The Kier molecular flexibility index (Phi) is 5.17. The van der Waals surface area contributed by atoms with Gasteiger partial charge in [0.2, 0.25) is 0 Å². The Bertz CT molecular complexity index is 473. The predicted molar refractivity (Wildman–Crippen MR) is 80.6 cm³/mol. The van der Waals surface area contributed by atoms with Crippen LogP contribution in [0, 0.1) is 6.92 Å². The molecule has 0 saturated carbocycles. The first kappa shape index (κ1) is 13.8. The van der Waals surface area contributed by atoms with Crippen LogP contribution >= 0.6 is 0 Å². The molecule has 0 radical (unpaired) electrons. The average Bonchev–Trinajstić information content (AvgIpc) is 2.46. The molecule has 1 atom stereocenters. The normalized spacial score (nSPS) is 12.3. The fourth-order valence-corrected chi connectivity index (χ4v) is 2.44. The quantitative estimate of drug-likeness (QED) is 0.687. The summed E-state index contributed by atoms with van der Waals surface area (Å²) in [6, 6.07) is 19.6. The van der Waals surface area contributed by atoms with E-state index in [2.05, 4.69) is 61.5 Å². The van der Waals surface area contributed by atoms with Gasteiger partial charge >= 0.3 is 0 Å². The molecule has 2 rings (SSSR count). The van der Waals surface area contributed by atoms with Crippen molar-refractivity contribution in [3.8, 4) is 0 Å². The molecule has 1 nitrogen and oxygen atoms in total. The second kappa shape index (κ2) is 7.10. The Balaban J connectivity index is 2.21. The highest BCUT2D eigenvalue weighted by molar-refractivity contribution is 5.33. The van der Waals surface area contributed by atoms with E-state index in [9.17, 15) is 0 Å². The maximum absolute atomic E-state index is 5.18. The summed E-state index contributed by atoms with van der Waals surface area (Å²) >= 11 is 0. The third-order valence-electron chi connectivity index (χ3n) is 3.52. The molecule has 19 heavy (non-hydrogen) atoms. The van der Waals surface area contributed by atoms with Gasteiger partial charge in [-0.2, -0.15) is 0 Å². The van der Waals surface area contributed by atoms with Crippen molar-refractivity contribution >= 4 is 0 Å². The Morgan fingerprint density at radius 2 is 1.53 bits per heavy atom. The number of ether oxygens (including phenoxy) is 1. The zero-order chi connectivity index (χ0) is 13.5. The maximum atomic E-state index is 5.18. The molecule has 1 heteroatoms. The van der Waals surface area contributed by atoms with E-state index in [-0.39, 0.29) is 0 Å². The summed E-state index contributed by atoms with van der Waals surface area (Å²) in [4.78, 5) is 0. The lowest BCUT2D eigenvalue weighted by Crippen LogP contribution is -2.03. The van der Waals surface area contributed by atoms with Crippen molar-refractivity contribution in [2.45, 2.75) is 25.7 Å². The van der Waals surface area contributed by atoms with Crippen LogP contribution in [0.3, 0.4) is 0 Å². The van der Waals surface area contributed by atoms with Crippen LogP contribution in [0.4, 0.5) is 0 Å². The fourth-order valence-electron chi connectivity index (χ4n) is 2.44. The minimum atomic E-state index is 0.469. The molecule has 100 valence electrons. The number of aryl methyl sites for hydroxylation is 1. The van der Waals surface area contributed by atoms with Crippen molar-refractivity contribution in [1.29, 1.82) is 0 Å². The van der Waals surface area contributed by atoms with Gasteiger partial charge in [-0.15, -0.1) is 0 Å². The standard InChI is InChI=1S/C18H22O/c1-15-10-12-17(13-11-15)18(9-6-14-19-2)16-7-4-3-5-8-16/h3-5,7-8,10-13,18H,6,9,14H2,1-2H3. The van der Waals surface area contributed by atoms with Gasteiger partial charge in [0.15, 0.2) is 0 Å². The van der Waals surface area contributed by atoms with Crippen LogP contribution in [-0.2, 0) is 4.74 Å². The summed E-state index contributed by atoms with van der Waals surface area (Å²) in [5.41, 5.74) is 4.10. The number of benzene rings is 2. The minimum Gasteiger partial charge on any atom is -0.385 e. The highest BCUT2D eigenvalue weighted by atomic mass is 16.5. The maximum Gasteiger partial charge on any atom is 0.0462 e. The highest BCUT2D eigenvalue weighted by Crippen LogP contribution is 2.29. The molecule has 0 aliphatic rings. The molecule has 0 heterocycles. The molecule has 0 amide bonds. The van der Waals surface area contributed by atoms with Gasteiger partial charge in [0.1, 0.15) is 0 Å². The predicted octanol–water partition coefficient (Wildman–Crippen LogP) is 4.55. The van der Waals surface area contributed by atoms with E-state index in [1.807, 2.05) is 0 Å². The summed E-state index contributed by atoms with van der Waals surface area (Å²) in [6.07, 6.45) is 2.21. The first-order chi connectivity index (χ1) is 9.31. The first-order valence-electron chi connectivity index (χ1n) is 6.91. The van der Waals surface area contributed by atoms with E-state index >= 15 is 0 Å². The fraction of sp³-hybridized carbons (Fsp3) is 0.333. The van der Waals surface area contributed by atoms with E-state index in [4.69, 9.17) is 4.74 Å². The first-order valence-corrected chi connectivity index (χ1v) is 6.91. The molecule has 0 aliphatic carbocycles. The molecule has 2 aromatic carbocycles. The van der Waals surface area contributed by atoms with Gasteiger partial charge in [0, 0.05) is 19.6 Å². The Morgan fingerprint density at radius 1 is 0.895 bits per heavy atom. The molecule has 0 N–H and O–H groups in total. The smallest absolute Gasteiger partial charge is 0.0462 e. The van der Waals surface area contributed by atoms with Gasteiger partial charge in [-0.05, 0) is 30.9 Å². The van der Waals surface area contributed by atoms with Gasteiger partial charge in [0.25, 0.3) is 0 Å². The summed E-state index contributed by atoms with van der Waals surface area (Å²) in [5, 5.41) is 0. The Labute approximate surface area is 116 Å². The number of hydrogen-bond acceptors (Lipinski definition) is 1. The van der Waals surface area contributed by atoms with Gasteiger partial charge in [0.05, 0.1) is 0 Å². The van der Waals surface area contributed by atoms with E-state index in [0.717, 1.165) is 19.4 Å². The number of hydrogen-bond donors (Lipinski definition) is 0. The van der Waals surface area contributed by atoms with Crippen molar-refractivity contribution < 1.29 is 4.74 Å². The monoisotopic (exact) mass is 254 g/mol.